The highest BCUT2D eigenvalue weighted by molar-refractivity contribution is 5.84. The second-order valence-corrected chi connectivity index (χ2v) is 7.04. The zero-order valence-electron chi connectivity index (χ0n) is 16.5. The van der Waals surface area contributed by atoms with Gasteiger partial charge in [-0.15, -0.1) is 0 Å². The first kappa shape index (κ1) is 19.0. The molecule has 1 unspecified atom stereocenters. The normalized spacial score (nSPS) is 13.1. The highest BCUT2D eigenvalue weighted by atomic mass is 16.5. The Morgan fingerprint density at radius 1 is 1.07 bits per heavy atom. The van der Waals surface area contributed by atoms with Gasteiger partial charge in [0, 0.05) is 12.6 Å². The van der Waals surface area contributed by atoms with Crippen molar-refractivity contribution in [3.63, 3.8) is 0 Å². The van der Waals surface area contributed by atoms with Crippen LogP contribution in [0.15, 0.2) is 58.0 Å². The molecule has 1 aromatic heterocycles. The lowest BCUT2D eigenvalue weighted by atomic mass is 10.0. The molecule has 5 nitrogen and oxygen atoms in total. The number of hydrogen-bond acceptors (Lipinski definition) is 3. The fraction of sp³-hybridized carbons (Fsp3) is 0.364. The Balaban J connectivity index is 1.71. The first-order chi connectivity index (χ1) is 13.1. The molecule has 3 rings (SSSR count). The SMILES string of the molecule is CCNC(=NCc1cc(C(C)C)no1)NC(C)c1ccc2ccccc2c1. The molecule has 3 aromatic rings. The zero-order valence-corrected chi connectivity index (χ0v) is 16.5. The lowest BCUT2D eigenvalue weighted by Crippen LogP contribution is -2.38. The van der Waals surface area contributed by atoms with Crippen molar-refractivity contribution in [1.82, 2.24) is 15.8 Å². The van der Waals surface area contributed by atoms with E-state index in [1.807, 2.05) is 6.07 Å². The summed E-state index contributed by atoms with van der Waals surface area (Å²) in [5.74, 6) is 1.89. The first-order valence-corrected chi connectivity index (χ1v) is 9.56. The maximum atomic E-state index is 5.38. The highest BCUT2D eigenvalue weighted by Crippen LogP contribution is 2.20. The topological polar surface area (TPSA) is 62.5 Å². The van der Waals surface area contributed by atoms with Gasteiger partial charge >= 0.3 is 0 Å². The predicted octanol–water partition coefficient (Wildman–Crippen LogP) is 4.77. The summed E-state index contributed by atoms with van der Waals surface area (Å²) >= 11 is 0. The smallest absolute Gasteiger partial charge is 0.192 e. The Morgan fingerprint density at radius 3 is 2.56 bits per heavy atom. The molecule has 0 saturated carbocycles. The van der Waals surface area contributed by atoms with Crippen molar-refractivity contribution >= 4 is 16.7 Å². The van der Waals surface area contributed by atoms with E-state index >= 15 is 0 Å². The molecule has 0 fully saturated rings. The molecule has 0 aliphatic rings. The Bertz CT molecular complexity index is 913. The van der Waals surface area contributed by atoms with Crippen LogP contribution in [0, 0.1) is 0 Å². The summed E-state index contributed by atoms with van der Waals surface area (Å²) in [6, 6.07) is 17.1. The Kier molecular flexibility index (Phi) is 6.12. The fourth-order valence-corrected chi connectivity index (χ4v) is 2.92. The van der Waals surface area contributed by atoms with Crippen LogP contribution in [0.4, 0.5) is 0 Å². The maximum absolute atomic E-state index is 5.38. The number of fused-ring (bicyclic) bond motifs is 1. The van der Waals surface area contributed by atoms with Gasteiger partial charge in [-0.1, -0.05) is 55.4 Å². The molecule has 2 aromatic carbocycles. The van der Waals surface area contributed by atoms with E-state index in [0.717, 1.165) is 24.0 Å². The van der Waals surface area contributed by atoms with Gasteiger partial charge in [-0.3, -0.25) is 0 Å². The number of rotatable bonds is 6. The molecular formula is C22H28N4O. The largest absolute Gasteiger partial charge is 0.359 e. The Morgan fingerprint density at radius 2 is 1.85 bits per heavy atom. The van der Waals surface area contributed by atoms with E-state index < -0.39 is 0 Å². The fourth-order valence-electron chi connectivity index (χ4n) is 2.92. The van der Waals surface area contributed by atoms with Crippen LogP contribution in [-0.2, 0) is 6.54 Å². The van der Waals surface area contributed by atoms with Crippen LogP contribution in [0.1, 0.15) is 56.7 Å². The van der Waals surface area contributed by atoms with Crippen LogP contribution >= 0.6 is 0 Å². The molecule has 1 heterocycles. The molecule has 1 atom stereocenters. The molecule has 0 bridgehead atoms. The predicted molar refractivity (Wildman–Crippen MR) is 111 cm³/mol. The van der Waals surface area contributed by atoms with Crippen LogP contribution < -0.4 is 10.6 Å². The standard InChI is InChI=1S/C22H28N4O/c1-5-23-22(24-14-20-13-21(15(2)3)26-27-20)25-16(4)18-11-10-17-8-6-7-9-19(17)12-18/h6-13,15-16H,5,14H2,1-4H3,(H2,23,24,25). The van der Waals surface area contributed by atoms with Gasteiger partial charge in [-0.2, -0.15) is 0 Å². The second kappa shape index (κ2) is 8.71. The van der Waals surface area contributed by atoms with Crippen molar-refractivity contribution in [2.45, 2.75) is 46.2 Å². The minimum Gasteiger partial charge on any atom is -0.359 e. The van der Waals surface area contributed by atoms with Crippen molar-refractivity contribution in [2.24, 2.45) is 4.99 Å². The van der Waals surface area contributed by atoms with Crippen molar-refractivity contribution in [3.8, 4) is 0 Å². The van der Waals surface area contributed by atoms with Gasteiger partial charge in [0.05, 0.1) is 11.7 Å². The number of guanidine groups is 1. The third kappa shape index (κ3) is 4.88. The van der Waals surface area contributed by atoms with Crippen LogP contribution in [0.2, 0.25) is 0 Å². The van der Waals surface area contributed by atoms with Crippen molar-refractivity contribution in [3.05, 3.63) is 65.5 Å². The van der Waals surface area contributed by atoms with Gasteiger partial charge in [0.2, 0.25) is 0 Å². The molecule has 0 spiro atoms. The molecule has 0 aliphatic heterocycles. The maximum Gasteiger partial charge on any atom is 0.192 e. The van der Waals surface area contributed by atoms with Crippen molar-refractivity contribution < 1.29 is 4.52 Å². The van der Waals surface area contributed by atoms with Crippen molar-refractivity contribution in [2.75, 3.05) is 6.54 Å². The monoisotopic (exact) mass is 364 g/mol. The van der Waals surface area contributed by atoms with E-state index in [1.165, 1.54) is 16.3 Å². The number of aliphatic imine (C=N–C) groups is 1. The second-order valence-electron chi connectivity index (χ2n) is 7.04. The van der Waals surface area contributed by atoms with Gasteiger partial charge in [-0.05, 0) is 42.2 Å². The summed E-state index contributed by atoms with van der Waals surface area (Å²) in [7, 11) is 0. The van der Waals surface area contributed by atoms with E-state index in [-0.39, 0.29) is 6.04 Å². The minimum absolute atomic E-state index is 0.133. The van der Waals surface area contributed by atoms with E-state index in [4.69, 9.17) is 4.52 Å². The van der Waals surface area contributed by atoms with Crippen molar-refractivity contribution in [1.29, 1.82) is 0 Å². The summed E-state index contributed by atoms with van der Waals surface area (Å²) in [4.78, 5) is 4.64. The summed E-state index contributed by atoms with van der Waals surface area (Å²) < 4.78 is 5.38. The number of nitrogens with zero attached hydrogens (tertiary/aromatic N) is 2. The summed E-state index contributed by atoms with van der Waals surface area (Å²) in [5.41, 5.74) is 2.18. The zero-order chi connectivity index (χ0) is 19.2. The number of nitrogens with one attached hydrogen (secondary N) is 2. The third-order valence-electron chi connectivity index (χ3n) is 4.53. The summed E-state index contributed by atoms with van der Waals surface area (Å²) in [6.45, 7) is 9.65. The minimum atomic E-state index is 0.133. The van der Waals surface area contributed by atoms with Crippen LogP contribution in [0.3, 0.4) is 0 Å². The molecule has 27 heavy (non-hydrogen) atoms. The average molecular weight is 364 g/mol. The first-order valence-electron chi connectivity index (χ1n) is 9.56. The number of hydrogen-bond donors (Lipinski definition) is 2. The number of benzene rings is 2. The Hall–Kier alpha value is -2.82. The van der Waals surface area contributed by atoms with Gasteiger partial charge < -0.3 is 15.2 Å². The van der Waals surface area contributed by atoms with E-state index in [1.54, 1.807) is 0 Å². The Labute approximate surface area is 160 Å². The van der Waals surface area contributed by atoms with Gasteiger partial charge in [0.1, 0.15) is 6.54 Å². The molecular weight excluding hydrogens is 336 g/mol. The van der Waals surface area contributed by atoms with Gasteiger partial charge in [-0.25, -0.2) is 4.99 Å². The summed E-state index contributed by atoms with van der Waals surface area (Å²) in [6.07, 6.45) is 0. The molecule has 0 aliphatic carbocycles. The summed E-state index contributed by atoms with van der Waals surface area (Å²) in [5, 5.41) is 13.4. The highest BCUT2D eigenvalue weighted by Gasteiger charge is 2.10. The molecule has 0 amide bonds. The molecule has 142 valence electrons. The van der Waals surface area contributed by atoms with E-state index in [0.29, 0.717) is 12.5 Å². The number of aromatic nitrogens is 1. The van der Waals surface area contributed by atoms with Gasteiger partial charge in [0.25, 0.3) is 0 Å². The van der Waals surface area contributed by atoms with Crippen LogP contribution in [-0.4, -0.2) is 17.7 Å². The van der Waals surface area contributed by atoms with E-state index in [9.17, 15) is 0 Å². The van der Waals surface area contributed by atoms with Gasteiger partial charge in [0.15, 0.2) is 11.7 Å². The van der Waals surface area contributed by atoms with Crippen LogP contribution in [0.25, 0.3) is 10.8 Å². The lowest BCUT2D eigenvalue weighted by Gasteiger charge is -2.18. The van der Waals surface area contributed by atoms with E-state index in [2.05, 4.69) is 90.9 Å². The molecule has 5 heteroatoms. The molecule has 2 N–H and O–H groups in total. The molecule has 0 radical (unpaired) electrons. The quantitative estimate of drug-likeness (QED) is 0.489. The average Bonchev–Trinajstić information content (AvgIpc) is 3.15. The lowest BCUT2D eigenvalue weighted by molar-refractivity contribution is 0.376. The third-order valence-corrected chi connectivity index (χ3v) is 4.53. The van der Waals surface area contributed by atoms with Crippen LogP contribution in [0.5, 0.6) is 0 Å². The molecule has 0 saturated heterocycles.